The lowest BCUT2D eigenvalue weighted by atomic mass is 9.98. The summed E-state index contributed by atoms with van der Waals surface area (Å²) < 4.78 is 0. The van der Waals surface area contributed by atoms with Crippen molar-refractivity contribution in [2.45, 2.75) is 37.7 Å². The van der Waals surface area contributed by atoms with Crippen molar-refractivity contribution in [2.24, 2.45) is 0 Å². The summed E-state index contributed by atoms with van der Waals surface area (Å²) in [4.78, 5) is 11.7. The van der Waals surface area contributed by atoms with E-state index in [-0.39, 0.29) is 12.3 Å². The fraction of sp³-hybridized carbons (Fsp3) is 0.429. The molecule has 1 aromatic carbocycles. The van der Waals surface area contributed by atoms with Crippen molar-refractivity contribution in [3.63, 3.8) is 0 Å². The molecule has 1 aliphatic rings. The first kappa shape index (κ1) is 13.4. The number of hydrogen-bond acceptors (Lipinski definition) is 4. The maximum atomic E-state index is 11.7. The second-order valence-corrected chi connectivity index (χ2v) is 4.97. The van der Waals surface area contributed by atoms with Gasteiger partial charge in [-0.15, -0.1) is 0 Å². The molecule has 1 aliphatic carbocycles. The number of hydrogen-bond donors (Lipinski definition) is 3. The lowest BCUT2D eigenvalue weighted by Gasteiger charge is -2.21. The summed E-state index contributed by atoms with van der Waals surface area (Å²) in [6.07, 6.45) is 3.46. The number of hydrazine groups is 1. The molecule has 1 aromatic rings. The Labute approximate surface area is 112 Å². The summed E-state index contributed by atoms with van der Waals surface area (Å²) in [5.74, 6) is -0.228. The number of carbonyl (C=O) groups excluding carboxylic acids is 1. The summed E-state index contributed by atoms with van der Waals surface area (Å²) >= 11 is 0. The average Bonchev–Trinajstić information content (AvgIpc) is 2.83. The highest BCUT2D eigenvalue weighted by Crippen LogP contribution is 2.32. The van der Waals surface area contributed by atoms with Gasteiger partial charge >= 0.3 is 0 Å². The van der Waals surface area contributed by atoms with Crippen LogP contribution in [0.5, 0.6) is 0 Å². The van der Waals surface area contributed by atoms with Crippen LogP contribution in [0.3, 0.4) is 0 Å². The Hall–Kier alpha value is -2.06. The van der Waals surface area contributed by atoms with Gasteiger partial charge in [0, 0.05) is 0 Å². The van der Waals surface area contributed by atoms with Crippen LogP contribution in [0.1, 0.15) is 37.7 Å². The number of amides is 1. The standard InChI is InChI=1S/C14H17N3O2/c15-10-11-3-5-12(6-4-11)16-17-13(18)9-14(19)7-1-2-8-14/h3-6,16,19H,1-2,7-9H2,(H,17,18). The number of benzene rings is 1. The molecular formula is C14H17N3O2. The monoisotopic (exact) mass is 259 g/mol. The number of rotatable bonds is 4. The lowest BCUT2D eigenvalue weighted by Crippen LogP contribution is -2.37. The number of nitrogens with zero attached hydrogens (tertiary/aromatic N) is 1. The van der Waals surface area contributed by atoms with Crippen LogP contribution in [0.4, 0.5) is 5.69 Å². The fourth-order valence-corrected chi connectivity index (χ4v) is 2.32. The molecule has 1 amide bonds. The third-order valence-electron chi connectivity index (χ3n) is 3.38. The summed E-state index contributed by atoms with van der Waals surface area (Å²) in [5.41, 5.74) is 5.75. The van der Waals surface area contributed by atoms with E-state index in [0.717, 1.165) is 12.8 Å². The van der Waals surface area contributed by atoms with Gasteiger partial charge in [-0.05, 0) is 37.1 Å². The number of anilines is 1. The highest BCUT2D eigenvalue weighted by Gasteiger charge is 2.33. The minimum absolute atomic E-state index is 0.121. The molecule has 0 spiro atoms. The number of carbonyl (C=O) groups is 1. The third-order valence-corrected chi connectivity index (χ3v) is 3.38. The maximum Gasteiger partial charge on any atom is 0.241 e. The van der Waals surface area contributed by atoms with Crippen LogP contribution in [0.15, 0.2) is 24.3 Å². The normalized spacial score (nSPS) is 16.6. The Balaban J connectivity index is 1.81. The van der Waals surface area contributed by atoms with E-state index in [0.29, 0.717) is 24.1 Å². The topological polar surface area (TPSA) is 85.2 Å². The van der Waals surface area contributed by atoms with Gasteiger partial charge in [-0.1, -0.05) is 12.8 Å². The second-order valence-electron chi connectivity index (χ2n) is 4.97. The van der Waals surface area contributed by atoms with Crippen molar-refractivity contribution in [1.29, 1.82) is 5.26 Å². The van der Waals surface area contributed by atoms with Gasteiger partial charge in [0.25, 0.3) is 0 Å². The van der Waals surface area contributed by atoms with Crippen molar-refractivity contribution in [3.05, 3.63) is 29.8 Å². The summed E-state index contributed by atoms with van der Waals surface area (Å²) in [6.45, 7) is 0. The quantitative estimate of drug-likeness (QED) is 0.718. The van der Waals surface area contributed by atoms with Gasteiger partial charge < -0.3 is 5.11 Å². The molecule has 0 aromatic heterocycles. The largest absolute Gasteiger partial charge is 0.389 e. The molecule has 1 saturated carbocycles. The Bertz CT molecular complexity index is 484. The Morgan fingerprint density at radius 3 is 2.53 bits per heavy atom. The van der Waals surface area contributed by atoms with Gasteiger partial charge in [-0.25, -0.2) is 0 Å². The van der Waals surface area contributed by atoms with E-state index >= 15 is 0 Å². The molecular weight excluding hydrogens is 242 g/mol. The molecule has 0 saturated heterocycles. The highest BCUT2D eigenvalue weighted by atomic mass is 16.3. The van der Waals surface area contributed by atoms with Crippen LogP contribution in [0, 0.1) is 11.3 Å². The molecule has 0 heterocycles. The molecule has 2 rings (SSSR count). The van der Waals surface area contributed by atoms with Crippen molar-refractivity contribution in [2.75, 3.05) is 5.43 Å². The van der Waals surface area contributed by atoms with E-state index in [9.17, 15) is 9.90 Å². The number of aliphatic hydroxyl groups is 1. The minimum Gasteiger partial charge on any atom is -0.389 e. The molecule has 0 bridgehead atoms. The minimum atomic E-state index is -0.837. The predicted molar refractivity (Wildman–Crippen MR) is 71.0 cm³/mol. The first-order valence-electron chi connectivity index (χ1n) is 6.39. The molecule has 19 heavy (non-hydrogen) atoms. The molecule has 100 valence electrons. The SMILES string of the molecule is N#Cc1ccc(NNC(=O)CC2(O)CCCC2)cc1. The highest BCUT2D eigenvalue weighted by molar-refractivity contribution is 5.78. The third kappa shape index (κ3) is 3.70. The number of nitriles is 1. The van der Waals surface area contributed by atoms with Crippen molar-refractivity contribution >= 4 is 11.6 Å². The van der Waals surface area contributed by atoms with Gasteiger partial charge in [-0.3, -0.25) is 15.6 Å². The lowest BCUT2D eigenvalue weighted by molar-refractivity contribution is -0.125. The zero-order valence-corrected chi connectivity index (χ0v) is 10.6. The van der Waals surface area contributed by atoms with Gasteiger partial charge in [0.05, 0.1) is 29.3 Å². The van der Waals surface area contributed by atoms with E-state index < -0.39 is 5.60 Å². The van der Waals surface area contributed by atoms with Gasteiger partial charge in [-0.2, -0.15) is 5.26 Å². The van der Waals surface area contributed by atoms with E-state index in [1.807, 2.05) is 6.07 Å². The van der Waals surface area contributed by atoms with Crippen molar-refractivity contribution in [3.8, 4) is 6.07 Å². The van der Waals surface area contributed by atoms with Crippen LogP contribution in [-0.4, -0.2) is 16.6 Å². The summed E-state index contributed by atoms with van der Waals surface area (Å²) in [6, 6.07) is 8.78. The molecule has 0 atom stereocenters. The van der Waals surface area contributed by atoms with Crippen LogP contribution >= 0.6 is 0 Å². The fourth-order valence-electron chi connectivity index (χ4n) is 2.32. The predicted octanol–water partition coefficient (Wildman–Crippen LogP) is 1.70. The van der Waals surface area contributed by atoms with Crippen molar-refractivity contribution in [1.82, 2.24) is 5.43 Å². The van der Waals surface area contributed by atoms with E-state index in [1.54, 1.807) is 24.3 Å². The van der Waals surface area contributed by atoms with E-state index in [2.05, 4.69) is 10.9 Å². The zero-order chi connectivity index (χ0) is 13.7. The maximum absolute atomic E-state index is 11.7. The molecule has 0 radical (unpaired) electrons. The Morgan fingerprint density at radius 2 is 1.95 bits per heavy atom. The Kier molecular flexibility index (Phi) is 4.03. The van der Waals surface area contributed by atoms with Crippen LogP contribution in [-0.2, 0) is 4.79 Å². The van der Waals surface area contributed by atoms with Gasteiger partial charge in [0.2, 0.25) is 5.91 Å². The van der Waals surface area contributed by atoms with Crippen LogP contribution < -0.4 is 10.9 Å². The number of nitrogens with one attached hydrogen (secondary N) is 2. The molecule has 5 heteroatoms. The van der Waals surface area contributed by atoms with E-state index in [4.69, 9.17) is 5.26 Å². The van der Waals surface area contributed by atoms with Crippen LogP contribution in [0.25, 0.3) is 0 Å². The van der Waals surface area contributed by atoms with Crippen LogP contribution in [0.2, 0.25) is 0 Å². The smallest absolute Gasteiger partial charge is 0.241 e. The summed E-state index contributed by atoms with van der Waals surface area (Å²) in [5, 5.41) is 18.8. The van der Waals surface area contributed by atoms with Gasteiger partial charge in [0.15, 0.2) is 0 Å². The molecule has 1 fully saturated rings. The molecule has 0 unspecified atom stereocenters. The molecule has 3 N–H and O–H groups in total. The van der Waals surface area contributed by atoms with E-state index in [1.165, 1.54) is 0 Å². The summed E-state index contributed by atoms with van der Waals surface area (Å²) in [7, 11) is 0. The molecule has 0 aliphatic heterocycles. The van der Waals surface area contributed by atoms with Gasteiger partial charge in [0.1, 0.15) is 0 Å². The second kappa shape index (κ2) is 5.72. The average molecular weight is 259 g/mol. The Morgan fingerprint density at radius 1 is 1.32 bits per heavy atom. The first-order chi connectivity index (χ1) is 9.11. The first-order valence-corrected chi connectivity index (χ1v) is 6.39. The molecule has 5 nitrogen and oxygen atoms in total. The zero-order valence-electron chi connectivity index (χ0n) is 10.6. The van der Waals surface area contributed by atoms with Crippen molar-refractivity contribution < 1.29 is 9.90 Å².